The van der Waals surface area contributed by atoms with Crippen molar-refractivity contribution in [3.8, 4) is 0 Å². The van der Waals surface area contributed by atoms with Crippen molar-refractivity contribution >= 4 is 0 Å². The Morgan fingerprint density at radius 3 is 2.60 bits per heavy atom. The van der Waals surface area contributed by atoms with E-state index in [1.807, 2.05) is 30.3 Å². The van der Waals surface area contributed by atoms with E-state index < -0.39 is 0 Å². The number of unbranched alkanes of at least 4 members (excludes halogenated alkanes) is 1. The van der Waals surface area contributed by atoms with E-state index in [0.29, 0.717) is 6.61 Å². The smallest absolute Gasteiger partial charge is 0.100 e. The Labute approximate surface area is 91.2 Å². The Hall–Kier alpha value is -1.12. The summed E-state index contributed by atoms with van der Waals surface area (Å²) in [4.78, 5) is 0. The van der Waals surface area contributed by atoms with E-state index in [2.05, 4.69) is 6.58 Å². The average Bonchev–Trinajstić information content (AvgIpc) is 2.30. The van der Waals surface area contributed by atoms with Crippen LogP contribution in [-0.4, -0.2) is 18.3 Å². The van der Waals surface area contributed by atoms with Gasteiger partial charge in [-0.15, -0.1) is 6.58 Å². The van der Waals surface area contributed by atoms with Gasteiger partial charge < -0.3 is 9.84 Å². The van der Waals surface area contributed by atoms with E-state index >= 15 is 0 Å². The molecule has 2 heteroatoms. The van der Waals surface area contributed by atoms with E-state index in [1.165, 1.54) is 0 Å². The van der Waals surface area contributed by atoms with Crippen molar-refractivity contribution in [2.45, 2.75) is 18.9 Å². The predicted octanol–water partition coefficient (Wildman–Crippen LogP) is 2.70. The van der Waals surface area contributed by atoms with Crippen LogP contribution in [-0.2, 0) is 4.74 Å². The Morgan fingerprint density at radius 2 is 2.00 bits per heavy atom. The summed E-state index contributed by atoms with van der Waals surface area (Å²) in [5.74, 6) is 0. The first-order valence-electron chi connectivity index (χ1n) is 5.28. The van der Waals surface area contributed by atoms with Crippen LogP contribution >= 0.6 is 0 Å². The third-order valence-corrected chi connectivity index (χ3v) is 2.19. The van der Waals surface area contributed by atoms with Crippen LogP contribution in [0.2, 0.25) is 0 Å². The van der Waals surface area contributed by atoms with Gasteiger partial charge in [0.15, 0.2) is 0 Å². The zero-order chi connectivity index (χ0) is 10.9. The van der Waals surface area contributed by atoms with E-state index in [0.717, 1.165) is 18.4 Å². The normalized spacial score (nSPS) is 12.3. The molecule has 1 atom stereocenters. The van der Waals surface area contributed by atoms with Crippen molar-refractivity contribution in [2.75, 3.05) is 13.2 Å². The molecule has 1 unspecified atom stereocenters. The first-order chi connectivity index (χ1) is 7.38. The standard InChI is InChI=1S/C13H18O2/c1-2-13(15-11-7-6-10-14)12-8-4-3-5-9-12/h2-5,8-9,13-14H,1,6-7,10-11H2. The second kappa shape index (κ2) is 7.21. The molecule has 0 spiro atoms. The first-order valence-corrected chi connectivity index (χ1v) is 5.28. The van der Waals surface area contributed by atoms with Gasteiger partial charge in [0.2, 0.25) is 0 Å². The van der Waals surface area contributed by atoms with Gasteiger partial charge in [-0.1, -0.05) is 36.4 Å². The molecule has 0 fully saturated rings. The third-order valence-electron chi connectivity index (χ3n) is 2.19. The summed E-state index contributed by atoms with van der Waals surface area (Å²) >= 11 is 0. The molecule has 1 aromatic carbocycles. The summed E-state index contributed by atoms with van der Waals surface area (Å²) in [5, 5.41) is 8.63. The lowest BCUT2D eigenvalue weighted by Gasteiger charge is -2.13. The Kier molecular flexibility index (Phi) is 5.74. The highest BCUT2D eigenvalue weighted by molar-refractivity contribution is 5.20. The summed E-state index contributed by atoms with van der Waals surface area (Å²) in [6.45, 7) is 4.65. The lowest BCUT2D eigenvalue weighted by Crippen LogP contribution is -2.03. The minimum Gasteiger partial charge on any atom is -0.396 e. The number of rotatable bonds is 7. The second-order valence-corrected chi connectivity index (χ2v) is 3.37. The monoisotopic (exact) mass is 206 g/mol. The van der Waals surface area contributed by atoms with E-state index in [-0.39, 0.29) is 12.7 Å². The number of aliphatic hydroxyl groups is 1. The van der Waals surface area contributed by atoms with Crippen LogP contribution in [0.25, 0.3) is 0 Å². The number of hydrogen-bond donors (Lipinski definition) is 1. The lowest BCUT2D eigenvalue weighted by atomic mass is 10.1. The fraction of sp³-hybridized carbons (Fsp3) is 0.385. The molecule has 0 radical (unpaired) electrons. The molecule has 1 rings (SSSR count). The maximum atomic E-state index is 8.63. The molecular formula is C13H18O2. The largest absolute Gasteiger partial charge is 0.396 e. The summed E-state index contributed by atoms with van der Waals surface area (Å²) in [6, 6.07) is 10.0. The Bertz CT molecular complexity index is 269. The second-order valence-electron chi connectivity index (χ2n) is 3.37. The van der Waals surface area contributed by atoms with Crippen LogP contribution < -0.4 is 0 Å². The van der Waals surface area contributed by atoms with Gasteiger partial charge in [-0.25, -0.2) is 0 Å². The SMILES string of the molecule is C=CC(OCCCCO)c1ccccc1. The Morgan fingerprint density at radius 1 is 1.27 bits per heavy atom. The Balaban J connectivity index is 2.39. The molecule has 2 nitrogen and oxygen atoms in total. The quantitative estimate of drug-likeness (QED) is 0.549. The van der Waals surface area contributed by atoms with Gasteiger partial charge in [0.1, 0.15) is 6.10 Å². The van der Waals surface area contributed by atoms with Crippen LogP contribution in [0.1, 0.15) is 24.5 Å². The summed E-state index contributed by atoms with van der Waals surface area (Å²) in [6.07, 6.45) is 3.44. The number of ether oxygens (including phenoxy) is 1. The minimum atomic E-state index is -0.0371. The minimum absolute atomic E-state index is 0.0371. The molecule has 0 aliphatic carbocycles. The summed E-state index contributed by atoms with van der Waals surface area (Å²) < 4.78 is 5.65. The molecule has 0 bridgehead atoms. The molecule has 0 saturated carbocycles. The van der Waals surface area contributed by atoms with Gasteiger partial charge in [0.25, 0.3) is 0 Å². The average molecular weight is 206 g/mol. The van der Waals surface area contributed by atoms with E-state index in [1.54, 1.807) is 6.08 Å². The van der Waals surface area contributed by atoms with E-state index in [4.69, 9.17) is 9.84 Å². The molecule has 82 valence electrons. The highest BCUT2D eigenvalue weighted by Gasteiger charge is 2.05. The number of benzene rings is 1. The van der Waals surface area contributed by atoms with Crippen molar-refractivity contribution < 1.29 is 9.84 Å². The predicted molar refractivity (Wildman–Crippen MR) is 61.7 cm³/mol. The molecule has 0 saturated heterocycles. The molecule has 0 aliphatic heterocycles. The van der Waals surface area contributed by atoms with Crippen LogP contribution in [0.4, 0.5) is 0 Å². The molecule has 0 heterocycles. The van der Waals surface area contributed by atoms with Gasteiger partial charge >= 0.3 is 0 Å². The van der Waals surface area contributed by atoms with Crippen LogP contribution in [0.5, 0.6) is 0 Å². The fourth-order valence-corrected chi connectivity index (χ4v) is 1.37. The highest BCUT2D eigenvalue weighted by Crippen LogP contribution is 2.18. The van der Waals surface area contributed by atoms with Crippen LogP contribution in [0, 0.1) is 0 Å². The molecule has 1 N–H and O–H groups in total. The topological polar surface area (TPSA) is 29.5 Å². The first kappa shape index (κ1) is 12.0. The third kappa shape index (κ3) is 4.28. The van der Waals surface area contributed by atoms with Crippen molar-refractivity contribution in [3.63, 3.8) is 0 Å². The fourth-order valence-electron chi connectivity index (χ4n) is 1.37. The van der Waals surface area contributed by atoms with E-state index in [9.17, 15) is 0 Å². The van der Waals surface area contributed by atoms with Gasteiger partial charge in [-0.3, -0.25) is 0 Å². The molecule has 0 aliphatic rings. The van der Waals surface area contributed by atoms with Crippen LogP contribution in [0.3, 0.4) is 0 Å². The molecular weight excluding hydrogens is 188 g/mol. The zero-order valence-corrected chi connectivity index (χ0v) is 8.93. The lowest BCUT2D eigenvalue weighted by molar-refractivity contribution is 0.0794. The number of aliphatic hydroxyl groups excluding tert-OH is 1. The van der Waals surface area contributed by atoms with Gasteiger partial charge in [0, 0.05) is 13.2 Å². The number of hydrogen-bond acceptors (Lipinski definition) is 2. The molecule has 1 aromatic rings. The maximum Gasteiger partial charge on any atom is 0.100 e. The molecule has 15 heavy (non-hydrogen) atoms. The highest BCUT2D eigenvalue weighted by atomic mass is 16.5. The summed E-state index contributed by atoms with van der Waals surface area (Å²) in [7, 11) is 0. The van der Waals surface area contributed by atoms with Crippen molar-refractivity contribution in [3.05, 3.63) is 48.6 Å². The molecule has 0 amide bonds. The molecule has 0 aromatic heterocycles. The van der Waals surface area contributed by atoms with Crippen molar-refractivity contribution in [2.24, 2.45) is 0 Å². The van der Waals surface area contributed by atoms with Gasteiger partial charge in [-0.05, 0) is 18.4 Å². The van der Waals surface area contributed by atoms with Gasteiger partial charge in [-0.2, -0.15) is 0 Å². The van der Waals surface area contributed by atoms with Crippen LogP contribution in [0.15, 0.2) is 43.0 Å². The zero-order valence-electron chi connectivity index (χ0n) is 8.93. The van der Waals surface area contributed by atoms with Crippen molar-refractivity contribution in [1.29, 1.82) is 0 Å². The summed E-state index contributed by atoms with van der Waals surface area (Å²) in [5.41, 5.74) is 1.12. The van der Waals surface area contributed by atoms with Crippen molar-refractivity contribution in [1.82, 2.24) is 0 Å². The maximum absolute atomic E-state index is 8.63. The van der Waals surface area contributed by atoms with Gasteiger partial charge in [0.05, 0.1) is 0 Å².